The first-order valence-corrected chi connectivity index (χ1v) is 6.48. The summed E-state index contributed by atoms with van der Waals surface area (Å²) in [6, 6.07) is 8.41. The molecular weight excluding hydrogens is 196 g/mol. The van der Waals surface area contributed by atoms with Gasteiger partial charge < -0.3 is 0 Å². The van der Waals surface area contributed by atoms with Crippen LogP contribution in [0.1, 0.15) is 49.1 Å². The Morgan fingerprint density at radius 3 is 2.56 bits per heavy atom. The zero-order valence-corrected chi connectivity index (χ0v) is 9.61. The van der Waals surface area contributed by atoms with E-state index in [0.29, 0.717) is 11.7 Å². The van der Waals surface area contributed by atoms with E-state index in [9.17, 15) is 4.79 Å². The molecule has 1 heteroatoms. The Bertz CT molecular complexity index is 402. The fourth-order valence-corrected chi connectivity index (χ4v) is 3.18. The maximum atomic E-state index is 12.3. The number of carbonyl (C=O) groups excluding carboxylic acids is 1. The van der Waals surface area contributed by atoms with E-state index in [1.807, 2.05) is 0 Å². The highest BCUT2D eigenvalue weighted by Crippen LogP contribution is 2.39. The average molecular weight is 214 g/mol. The average Bonchev–Trinajstić information content (AvgIpc) is 2.32. The minimum atomic E-state index is 0.235. The van der Waals surface area contributed by atoms with Crippen LogP contribution in [0.5, 0.6) is 0 Å². The smallest absolute Gasteiger partial charge is 0.143 e. The van der Waals surface area contributed by atoms with Crippen LogP contribution in [0.15, 0.2) is 24.3 Å². The molecule has 0 bridgehead atoms. The summed E-state index contributed by atoms with van der Waals surface area (Å²) in [6.07, 6.45) is 7.10. The van der Waals surface area contributed by atoms with Crippen LogP contribution in [0.4, 0.5) is 0 Å². The van der Waals surface area contributed by atoms with Crippen molar-refractivity contribution in [1.82, 2.24) is 0 Å². The van der Waals surface area contributed by atoms with Gasteiger partial charge in [-0.05, 0) is 30.4 Å². The quantitative estimate of drug-likeness (QED) is 0.736. The van der Waals surface area contributed by atoms with E-state index in [1.54, 1.807) is 0 Å². The lowest BCUT2D eigenvalue weighted by atomic mass is 9.70. The zero-order valence-electron chi connectivity index (χ0n) is 9.61. The first-order chi connectivity index (χ1) is 7.86. The second-order valence-electron chi connectivity index (χ2n) is 5.19. The van der Waals surface area contributed by atoms with Crippen molar-refractivity contribution in [2.45, 2.75) is 44.4 Å². The maximum Gasteiger partial charge on any atom is 0.143 e. The summed E-state index contributed by atoms with van der Waals surface area (Å²) in [4.78, 5) is 12.3. The number of Topliss-reactive ketones (excluding diaryl/α,β-unsaturated/α-hetero) is 1. The van der Waals surface area contributed by atoms with Crippen molar-refractivity contribution in [3.63, 3.8) is 0 Å². The molecule has 1 aromatic carbocycles. The van der Waals surface area contributed by atoms with Gasteiger partial charge >= 0.3 is 0 Å². The highest BCUT2D eigenvalue weighted by Gasteiger charge is 2.35. The fraction of sp³-hybridized carbons (Fsp3) is 0.533. The number of hydrogen-bond acceptors (Lipinski definition) is 1. The minimum Gasteiger partial charge on any atom is -0.299 e. The molecule has 0 aliphatic heterocycles. The molecule has 0 heterocycles. The van der Waals surface area contributed by atoms with Gasteiger partial charge in [0.15, 0.2) is 0 Å². The number of rotatable bonds is 2. The molecule has 0 radical (unpaired) electrons. The van der Waals surface area contributed by atoms with Crippen molar-refractivity contribution in [2.24, 2.45) is 5.92 Å². The van der Waals surface area contributed by atoms with Crippen LogP contribution in [0.25, 0.3) is 0 Å². The summed E-state index contributed by atoms with van der Waals surface area (Å²) >= 11 is 0. The minimum absolute atomic E-state index is 0.235. The predicted octanol–water partition coefficient (Wildman–Crippen LogP) is 3.48. The third kappa shape index (κ3) is 1.59. The molecule has 1 saturated carbocycles. The van der Waals surface area contributed by atoms with Gasteiger partial charge in [-0.15, -0.1) is 0 Å². The van der Waals surface area contributed by atoms with E-state index in [2.05, 4.69) is 24.3 Å². The SMILES string of the molecule is O=C(C1CCCCC1)[C@@H]1Cc2ccccc21. The summed E-state index contributed by atoms with van der Waals surface area (Å²) in [5, 5.41) is 0. The molecule has 0 unspecified atom stereocenters. The Balaban J connectivity index is 1.73. The molecule has 0 saturated heterocycles. The Hall–Kier alpha value is -1.11. The highest BCUT2D eigenvalue weighted by molar-refractivity contribution is 5.90. The van der Waals surface area contributed by atoms with Crippen LogP contribution in [0, 0.1) is 5.92 Å². The molecular formula is C15H18O. The van der Waals surface area contributed by atoms with E-state index >= 15 is 0 Å². The maximum absolute atomic E-state index is 12.3. The van der Waals surface area contributed by atoms with Crippen molar-refractivity contribution in [1.29, 1.82) is 0 Å². The molecule has 0 amide bonds. The molecule has 1 fully saturated rings. The van der Waals surface area contributed by atoms with Crippen molar-refractivity contribution < 1.29 is 4.79 Å². The topological polar surface area (TPSA) is 17.1 Å². The van der Waals surface area contributed by atoms with Crippen LogP contribution in [-0.4, -0.2) is 5.78 Å². The predicted molar refractivity (Wildman–Crippen MR) is 64.5 cm³/mol. The van der Waals surface area contributed by atoms with Gasteiger partial charge in [-0.1, -0.05) is 43.5 Å². The van der Waals surface area contributed by atoms with Gasteiger partial charge in [0.1, 0.15) is 5.78 Å². The molecule has 0 N–H and O–H groups in total. The molecule has 1 atom stereocenters. The monoisotopic (exact) mass is 214 g/mol. The second kappa shape index (κ2) is 4.04. The number of benzene rings is 1. The first-order valence-electron chi connectivity index (χ1n) is 6.48. The van der Waals surface area contributed by atoms with Crippen LogP contribution < -0.4 is 0 Å². The fourth-order valence-electron chi connectivity index (χ4n) is 3.18. The van der Waals surface area contributed by atoms with Gasteiger partial charge in [-0.3, -0.25) is 4.79 Å². The molecule has 1 aromatic rings. The summed E-state index contributed by atoms with van der Waals surface area (Å²) < 4.78 is 0. The Labute approximate surface area is 96.9 Å². The van der Waals surface area contributed by atoms with Gasteiger partial charge in [0.25, 0.3) is 0 Å². The van der Waals surface area contributed by atoms with Crippen LogP contribution in [-0.2, 0) is 11.2 Å². The van der Waals surface area contributed by atoms with Gasteiger partial charge in [0.2, 0.25) is 0 Å². The third-order valence-corrected chi connectivity index (χ3v) is 4.21. The number of carbonyl (C=O) groups is 1. The third-order valence-electron chi connectivity index (χ3n) is 4.21. The van der Waals surface area contributed by atoms with Gasteiger partial charge in [-0.2, -0.15) is 0 Å². The molecule has 16 heavy (non-hydrogen) atoms. The number of hydrogen-bond donors (Lipinski definition) is 0. The van der Waals surface area contributed by atoms with Crippen molar-refractivity contribution in [3.8, 4) is 0 Å². The van der Waals surface area contributed by atoms with E-state index in [1.165, 1.54) is 30.4 Å². The molecule has 2 aliphatic rings. The molecule has 0 spiro atoms. The van der Waals surface area contributed by atoms with Crippen LogP contribution in [0.2, 0.25) is 0 Å². The zero-order chi connectivity index (χ0) is 11.0. The molecule has 3 rings (SSSR count). The van der Waals surface area contributed by atoms with Crippen molar-refractivity contribution in [2.75, 3.05) is 0 Å². The highest BCUT2D eigenvalue weighted by atomic mass is 16.1. The number of fused-ring (bicyclic) bond motifs is 1. The van der Waals surface area contributed by atoms with Gasteiger partial charge in [-0.25, -0.2) is 0 Å². The molecule has 1 nitrogen and oxygen atoms in total. The van der Waals surface area contributed by atoms with Crippen LogP contribution in [0.3, 0.4) is 0 Å². The van der Waals surface area contributed by atoms with E-state index in [0.717, 1.165) is 19.3 Å². The van der Waals surface area contributed by atoms with E-state index < -0.39 is 0 Å². The number of ketones is 1. The first kappa shape index (κ1) is 10.1. The second-order valence-corrected chi connectivity index (χ2v) is 5.19. The lowest BCUT2D eigenvalue weighted by Crippen LogP contribution is -2.31. The molecule has 0 aromatic heterocycles. The summed E-state index contributed by atoms with van der Waals surface area (Å²) in [7, 11) is 0. The molecule has 84 valence electrons. The molecule has 2 aliphatic carbocycles. The normalized spacial score (nSPS) is 24.6. The van der Waals surface area contributed by atoms with Crippen molar-refractivity contribution >= 4 is 5.78 Å². The Morgan fingerprint density at radius 2 is 1.81 bits per heavy atom. The van der Waals surface area contributed by atoms with Gasteiger partial charge in [0, 0.05) is 11.8 Å². The lowest BCUT2D eigenvalue weighted by molar-refractivity contribution is -0.125. The van der Waals surface area contributed by atoms with Crippen molar-refractivity contribution in [3.05, 3.63) is 35.4 Å². The summed E-state index contributed by atoms with van der Waals surface area (Å²) in [5.41, 5.74) is 2.69. The van der Waals surface area contributed by atoms with E-state index in [4.69, 9.17) is 0 Å². The standard InChI is InChI=1S/C15H18O/c16-15(11-6-2-1-3-7-11)14-10-12-8-4-5-9-13(12)14/h4-5,8-9,11,14H,1-3,6-7,10H2/t14-/m1/s1. The Kier molecular flexibility index (Phi) is 2.55. The summed E-state index contributed by atoms with van der Waals surface area (Å²) in [5.74, 6) is 1.13. The van der Waals surface area contributed by atoms with Gasteiger partial charge in [0.05, 0.1) is 0 Å². The summed E-state index contributed by atoms with van der Waals surface area (Å²) in [6.45, 7) is 0. The lowest BCUT2D eigenvalue weighted by Gasteiger charge is -2.33. The largest absolute Gasteiger partial charge is 0.299 e. The van der Waals surface area contributed by atoms with E-state index in [-0.39, 0.29) is 5.92 Å². The van der Waals surface area contributed by atoms with Crippen LogP contribution >= 0.6 is 0 Å². The Morgan fingerprint density at radius 1 is 1.06 bits per heavy atom.